The summed E-state index contributed by atoms with van der Waals surface area (Å²) in [5.41, 5.74) is 5.11. The first-order valence-electron chi connectivity index (χ1n) is 10.6. The van der Waals surface area contributed by atoms with Gasteiger partial charge in [-0.3, -0.25) is 0 Å². The van der Waals surface area contributed by atoms with E-state index < -0.39 is 6.10 Å². The van der Waals surface area contributed by atoms with Crippen molar-refractivity contribution in [3.8, 4) is 17.2 Å². The van der Waals surface area contributed by atoms with E-state index in [9.17, 15) is 5.11 Å². The molecule has 4 nitrogen and oxygen atoms in total. The molecule has 0 aliphatic carbocycles. The van der Waals surface area contributed by atoms with Crippen molar-refractivity contribution >= 4 is 5.76 Å². The molecule has 1 aliphatic rings. The maximum absolute atomic E-state index is 11.2. The van der Waals surface area contributed by atoms with Crippen molar-refractivity contribution in [2.45, 2.75) is 32.3 Å². The van der Waals surface area contributed by atoms with Crippen molar-refractivity contribution < 1.29 is 19.3 Å². The number of benzene rings is 3. The van der Waals surface area contributed by atoms with Crippen LogP contribution in [0.25, 0.3) is 5.76 Å². The van der Waals surface area contributed by atoms with Crippen molar-refractivity contribution in [2.75, 3.05) is 14.2 Å². The largest absolute Gasteiger partial charge is 0.493 e. The van der Waals surface area contributed by atoms with Gasteiger partial charge in [0.15, 0.2) is 11.5 Å². The highest BCUT2D eigenvalue weighted by atomic mass is 16.5. The van der Waals surface area contributed by atoms with Crippen molar-refractivity contribution in [1.29, 1.82) is 0 Å². The van der Waals surface area contributed by atoms with Gasteiger partial charge in [0.05, 0.1) is 20.3 Å². The highest BCUT2D eigenvalue weighted by molar-refractivity contribution is 5.74. The summed E-state index contributed by atoms with van der Waals surface area (Å²) in [6.45, 7) is 4.10. The fraction of sp³-hybridized carbons (Fsp3) is 0.259. The monoisotopic (exact) mass is 416 g/mol. The predicted octanol–water partition coefficient (Wildman–Crippen LogP) is 5.72. The third-order valence-electron chi connectivity index (χ3n) is 5.91. The molecular weight excluding hydrogens is 388 g/mol. The zero-order chi connectivity index (χ0) is 22.0. The van der Waals surface area contributed by atoms with Crippen molar-refractivity contribution in [1.82, 2.24) is 0 Å². The lowest BCUT2D eigenvalue weighted by Crippen LogP contribution is -2.25. The van der Waals surface area contributed by atoms with Crippen LogP contribution in [-0.4, -0.2) is 25.4 Å². The smallest absolute Gasteiger partial charge is 0.161 e. The molecule has 4 heteroatoms. The number of aryl methyl sites for hydroxylation is 1. The van der Waals surface area contributed by atoms with Gasteiger partial charge in [-0.25, -0.2) is 0 Å². The van der Waals surface area contributed by atoms with Crippen molar-refractivity contribution in [2.24, 2.45) is 0 Å². The quantitative estimate of drug-likeness (QED) is 0.558. The molecule has 4 rings (SSSR count). The van der Waals surface area contributed by atoms with Gasteiger partial charge in [-0.1, -0.05) is 49.4 Å². The number of methoxy groups -OCH3 is 2. The molecule has 0 spiro atoms. The Bertz CT molecular complexity index is 1120. The molecule has 160 valence electrons. The standard InChI is InChI=1S/C27H28O4/c1-5-21(28)26-25(19-11-7-6-10-17(19)2)20-12-8-9-13-22(20)31-27(26)18-14-15-23(29-3)24(16-18)30-4/h6-16,21,25,28H,5H2,1-4H3/t21-,25-/m1/s1. The lowest BCUT2D eigenvalue weighted by Gasteiger charge is -2.34. The van der Waals surface area contributed by atoms with Crippen LogP contribution in [0.2, 0.25) is 0 Å². The van der Waals surface area contributed by atoms with Crippen LogP contribution in [0, 0.1) is 6.92 Å². The second kappa shape index (κ2) is 8.86. The van der Waals surface area contributed by atoms with Gasteiger partial charge in [0.1, 0.15) is 11.5 Å². The summed E-state index contributed by atoms with van der Waals surface area (Å²) in [4.78, 5) is 0. The number of hydrogen-bond acceptors (Lipinski definition) is 4. The molecule has 2 atom stereocenters. The number of ether oxygens (including phenoxy) is 3. The van der Waals surface area contributed by atoms with Crippen LogP contribution in [-0.2, 0) is 0 Å². The van der Waals surface area contributed by atoms with E-state index in [0.29, 0.717) is 23.7 Å². The Balaban J connectivity index is 2.00. The first kappa shape index (κ1) is 21.0. The minimum atomic E-state index is -0.652. The highest BCUT2D eigenvalue weighted by Crippen LogP contribution is 2.48. The Morgan fingerprint density at radius 3 is 2.26 bits per heavy atom. The Kier molecular flexibility index (Phi) is 6.01. The number of fused-ring (bicyclic) bond motifs is 1. The highest BCUT2D eigenvalue weighted by Gasteiger charge is 2.35. The van der Waals surface area contributed by atoms with Gasteiger partial charge < -0.3 is 19.3 Å². The number of hydrogen-bond donors (Lipinski definition) is 1. The van der Waals surface area contributed by atoms with Gasteiger partial charge in [-0.05, 0) is 48.7 Å². The fourth-order valence-corrected chi connectivity index (χ4v) is 4.29. The van der Waals surface area contributed by atoms with E-state index in [1.165, 1.54) is 11.1 Å². The van der Waals surface area contributed by atoms with Crippen LogP contribution in [0.5, 0.6) is 17.2 Å². The predicted molar refractivity (Wildman–Crippen MR) is 123 cm³/mol. The Morgan fingerprint density at radius 2 is 1.58 bits per heavy atom. The lowest BCUT2D eigenvalue weighted by atomic mass is 9.77. The molecular formula is C27H28O4. The minimum absolute atomic E-state index is 0.107. The number of para-hydroxylation sites is 1. The zero-order valence-corrected chi connectivity index (χ0v) is 18.4. The molecule has 0 saturated heterocycles. The number of aliphatic hydroxyl groups excluding tert-OH is 1. The van der Waals surface area contributed by atoms with E-state index >= 15 is 0 Å². The molecule has 0 saturated carbocycles. The molecule has 1 aliphatic heterocycles. The van der Waals surface area contributed by atoms with Crippen LogP contribution in [0.4, 0.5) is 0 Å². The number of rotatable bonds is 6. The molecule has 3 aromatic rings. The average Bonchev–Trinajstić information content (AvgIpc) is 2.82. The molecule has 31 heavy (non-hydrogen) atoms. The summed E-state index contributed by atoms with van der Waals surface area (Å²) in [5, 5.41) is 11.2. The normalized spacial score (nSPS) is 16.4. The average molecular weight is 417 g/mol. The second-order valence-electron chi connectivity index (χ2n) is 7.71. The Hall–Kier alpha value is -3.24. The maximum atomic E-state index is 11.2. The molecule has 3 aromatic carbocycles. The molecule has 1 N–H and O–H groups in total. The van der Waals surface area contributed by atoms with Crippen LogP contribution >= 0.6 is 0 Å². The zero-order valence-electron chi connectivity index (χ0n) is 18.4. The fourth-order valence-electron chi connectivity index (χ4n) is 4.29. The summed E-state index contributed by atoms with van der Waals surface area (Å²) in [6.07, 6.45) is -0.0684. The number of aliphatic hydroxyl groups is 1. The molecule has 0 bridgehead atoms. The molecule has 0 unspecified atom stereocenters. The van der Waals surface area contributed by atoms with Crippen LogP contribution < -0.4 is 14.2 Å². The van der Waals surface area contributed by atoms with Crippen LogP contribution in [0.3, 0.4) is 0 Å². The second-order valence-corrected chi connectivity index (χ2v) is 7.71. The third kappa shape index (κ3) is 3.79. The van der Waals surface area contributed by atoms with E-state index in [0.717, 1.165) is 22.4 Å². The molecule has 0 fully saturated rings. The summed E-state index contributed by atoms with van der Waals surface area (Å²) < 4.78 is 17.4. The molecule has 0 amide bonds. The van der Waals surface area contributed by atoms with E-state index in [4.69, 9.17) is 14.2 Å². The SMILES string of the molecule is CC[C@@H](O)C1=C(c2ccc(OC)c(OC)c2)Oc2ccccc2[C@H]1c1ccccc1C. The van der Waals surface area contributed by atoms with Gasteiger partial charge in [-0.15, -0.1) is 0 Å². The van der Waals surface area contributed by atoms with Crippen LogP contribution in [0.1, 0.15) is 41.5 Å². The summed E-state index contributed by atoms with van der Waals surface area (Å²) in [7, 11) is 3.23. The van der Waals surface area contributed by atoms with Crippen molar-refractivity contribution in [3.63, 3.8) is 0 Å². The minimum Gasteiger partial charge on any atom is -0.493 e. The Morgan fingerprint density at radius 1 is 0.903 bits per heavy atom. The lowest BCUT2D eigenvalue weighted by molar-refractivity contribution is 0.197. The van der Waals surface area contributed by atoms with E-state index in [1.807, 2.05) is 55.5 Å². The van der Waals surface area contributed by atoms with E-state index in [-0.39, 0.29) is 5.92 Å². The van der Waals surface area contributed by atoms with Gasteiger partial charge in [0, 0.05) is 22.6 Å². The van der Waals surface area contributed by atoms with Gasteiger partial charge in [0.25, 0.3) is 0 Å². The third-order valence-corrected chi connectivity index (χ3v) is 5.91. The molecule has 0 radical (unpaired) electrons. The molecule has 1 heterocycles. The van der Waals surface area contributed by atoms with E-state index in [1.54, 1.807) is 14.2 Å². The first-order chi connectivity index (χ1) is 15.1. The topological polar surface area (TPSA) is 47.9 Å². The summed E-state index contributed by atoms with van der Waals surface area (Å²) in [5.74, 6) is 2.63. The van der Waals surface area contributed by atoms with Crippen molar-refractivity contribution in [3.05, 3.63) is 94.6 Å². The van der Waals surface area contributed by atoms with Gasteiger partial charge >= 0.3 is 0 Å². The Labute approximate surface area is 183 Å². The van der Waals surface area contributed by atoms with Gasteiger partial charge in [-0.2, -0.15) is 0 Å². The van der Waals surface area contributed by atoms with Gasteiger partial charge in [0.2, 0.25) is 0 Å². The maximum Gasteiger partial charge on any atom is 0.161 e. The molecule has 0 aromatic heterocycles. The van der Waals surface area contributed by atoms with Crippen LogP contribution in [0.15, 0.2) is 72.3 Å². The summed E-state index contributed by atoms with van der Waals surface area (Å²) >= 11 is 0. The summed E-state index contributed by atoms with van der Waals surface area (Å²) in [6, 6.07) is 22.1. The van der Waals surface area contributed by atoms with E-state index in [2.05, 4.69) is 25.1 Å². The first-order valence-corrected chi connectivity index (χ1v) is 10.6.